The van der Waals surface area contributed by atoms with Crippen LogP contribution in [0.4, 0.5) is 9.18 Å². The number of halogens is 1. The minimum atomic E-state index is -0.479. The van der Waals surface area contributed by atoms with E-state index in [-0.39, 0.29) is 23.5 Å². The van der Waals surface area contributed by atoms with E-state index in [1.807, 2.05) is 16.7 Å². The third-order valence-corrected chi connectivity index (χ3v) is 4.81. The summed E-state index contributed by atoms with van der Waals surface area (Å²) in [7, 11) is 0. The van der Waals surface area contributed by atoms with E-state index in [0.717, 1.165) is 32.5 Å². The van der Waals surface area contributed by atoms with E-state index in [1.54, 1.807) is 17.0 Å². The molecule has 0 saturated carbocycles. The van der Waals surface area contributed by atoms with Gasteiger partial charge in [0, 0.05) is 38.8 Å². The number of likely N-dealkylation sites (tertiary alicyclic amines) is 1. The predicted molar refractivity (Wildman–Crippen MR) is 84.7 cm³/mol. The number of carbonyl (C=O) groups excluding carboxylic acids is 2. The third-order valence-electron chi connectivity index (χ3n) is 4.81. The van der Waals surface area contributed by atoms with Gasteiger partial charge in [-0.15, -0.1) is 0 Å². The molecule has 2 aliphatic rings. The number of nitrogens with zero attached hydrogens (tertiary/aromatic N) is 3. The molecular weight excluding hydrogens is 297 g/mol. The quantitative estimate of drug-likeness (QED) is 0.857. The van der Waals surface area contributed by atoms with Gasteiger partial charge in [-0.2, -0.15) is 0 Å². The van der Waals surface area contributed by atoms with Gasteiger partial charge in [-0.1, -0.05) is 12.1 Å². The van der Waals surface area contributed by atoms with Crippen molar-refractivity contribution >= 4 is 11.9 Å². The molecule has 0 unspecified atom stereocenters. The Morgan fingerprint density at radius 1 is 1.17 bits per heavy atom. The maximum absolute atomic E-state index is 13.7. The lowest BCUT2D eigenvalue weighted by molar-refractivity contribution is 0.0659. The second-order valence-electron chi connectivity index (χ2n) is 6.06. The first kappa shape index (κ1) is 15.8. The van der Waals surface area contributed by atoms with Gasteiger partial charge < -0.3 is 14.7 Å². The molecule has 0 aromatic heterocycles. The molecule has 0 spiro atoms. The average Bonchev–Trinajstić information content (AvgIpc) is 2.95. The molecule has 3 rings (SSSR count). The van der Waals surface area contributed by atoms with Gasteiger partial charge in [-0.05, 0) is 31.9 Å². The van der Waals surface area contributed by atoms with Gasteiger partial charge in [0.1, 0.15) is 5.82 Å². The van der Waals surface area contributed by atoms with Gasteiger partial charge in [0.2, 0.25) is 0 Å². The smallest absolute Gasteiger partial charge is 0.320 e. The van der Waals surface area contributed by atoms with Gasteiger partial charge in [-0.3, -0.25) is 4.79 Å². The van der Waals surface area contributed by atoms with Crippen molar-refractivity contribution in [2.45, 2.75) is 25.8 Å². The summed E-state index contributed by atoms with van der Waals surface area (Å²) in [6.45, 7) is 5.39. The van der Waals surface area contributed by atoms with E-state index in [2.05, 4.69) is 0 Å². The fraction of sp³-hybridized carbons (Fsp3) is 0.529. The molecule has 2 heterocycles. The Morgan fingerprint density at radius 2 is 1.87 bits per heavy atom. The fourth-order valence-corrected chi connectivity index (χ4v) is 3.42. The van der Waals surface area contributed by atoms with Crippen LogP contribution >= 0.6 is 0 Å². The highest BCUT2D eigenvalue weighted by molar-refractivity contribution is 5.94. The maximum Gasteiger partial charge on any atom is 0.320 e. The Hall–Kier alpha value is -2.11. The largest absolute Gasteiger partial charge is 0.338 e. The van der Waals surface area contributed by atoms with Crippen LogP contribution in [0, 0.1) is 5.82 Å². The lowest BCUT2D eigenvalue weighted by Crippen LogP contribution is -2.48. The van der Waals surface area contributed by atoms with Gasteiger partial charge >= 0.3 is 6.03 Å². The SMILES string of the molecule is CCN1CCN(C2CCN(C(=O)c3ccccc3F)CC2)C1=O. The average molecular weight is 319 g/mol. The van der Waals surface area contributed by atoms with Gasteiger partial charge in [0.15, 0.2) is 0 Å². The maximum atomic E-state index is 13.7. The third kappa shape index (κ3) is 3.02. The van der Waals surface area contributed by atoms with Crippen molar-refractivity contribution in [3.05, 3.63) is 35.6 Å². The van der Waals surface area contributed by atoms with Crippen molar-refractivity contribution in [1.29, 1.82) is 0 Å². The topological polar surface area (TPSA) is 43.9 Å². The molecule has 1 aromatic carbocycles. The highest BCUT2D eigenvalue weighted by atomic mass is 19.1. The Balaban J connectivity index is 1.60. The Morgan fingerprint density at radius 3 is 2.48 bits per heavy atom. The molecule has 0 bridgehead atoms. The fourth-order valence-electron chi connectivity index (χ4n) is 3.42. The van der Waals surface area contributed by atoms with E-state index in [1.165, 1.54) is 12.1 Å². The summed E-state index contributed by atoms with van der Waals surface area (Å²) < 4.78 is 13.7. The molecule has 1 aromatic rings. The number of piperidine rings is 1. The number of likely N-dealkylation sites (N-methyl/N-ethyl adjacent to an activating group) is 1. The van der Waals surface area contributed by atoms with E-state index in [9.17, 15) is 14.0 Å². The van der Waals surface area contributed by atoms with Crippen molar-refractivity contribution in [1.82, 2.24) is 14.7 Å². The molecule has 2 aliphatic heterocycles. The minimum absolute atomic E-state index is 0.103. The molecule has 0 N–H and O–H groups in total. The van der Waals surface area contributed by atoms with E-state index in [4.69, 9.17) is 0 Å². The molecule has 5 nitrogen and oxygen atoms in total. The van der Waals surface area contributed by atoms with Crippen LogP contribution in [0.3, 0.4) is 0 Å². The number of hydrogen-bond acceptors (Lipinski definition) is 2. The molecule has 124 valence electrons. The summed E-state index contributed by atoms with van der Waals surface area (Å²) in [4.78, 5) is 30.1. The summed E-state index contributed by atoms with van der Waals surface area (Å²) in [5.41, 5.74) is 0.125. The summed E-state index contributed by atoms with van der Waals surface area (Å²) in [5.74, 6) is -0.739. The number of urea groups is 1. The van der Waals surface area contributed by atoms with Crippen LogP contribution in [0.25, 0.3) is 0 Å². The van der Waals surface area contributed by atoms with Crippen LogP contribution in [-0.4, -0.2) is 65.4 Å². The second kappa shape index (κ2) is 6.56. The van der Waals surface area contributed by atoms with Gasteiger partial charge in [-0.25, -0.2) is 9.18 Å². The number of hydrogen-bond donors (Lipinski definition) is 0. The van der Waals surface area contributed by atoms with Crippen LogP contribution in [0.15, 0.2) is 24.3 Å². The Bertz CT molecular complexity index is 599. The van der Waals surface area contributed by atoms with Crippen molar-refractivity contribution < 1.29 is 14.0 Å². The zero-order chi connectivity index (χ0) is 16.4. The highest BCUT2D eigenvalue weighted by Gasteiger charge is 2.35. The number of amides is 3. The minimum Gasteiger partial charge on any atom is -0.338 e. The molecular formula is C17H22FN3O2. The van der Waals surface area contributed by atoms with E-state index in [0.29, 0.717) is 13.1 Å². The Labute approximate surface area is 135 Å². The summed E-state index contributed by atoms with van der Waals surface area (Å²) in [5, 5.41) is 0. The second-order valence-corrected chi connectivity index (χ2v) is 6.06. The van der Waals surface area contributed by atoms with Crippen LogP contribution in [0.1, 0.15) is 30.1 Å². The highest BCUT2D eigenvalue weighted by Crippen LogP contribution is 2.22. The molecule has 2 fully saturated rings. The van der Waals surface area contributed by atoms with Crippen LogP contribution in [-0.2, 0) is 0 Å². The summed E-state index contributed by atoms with van der Waals surface area (Å²) in [6, 6.07) is 6.37. The first-order chi connectivity index (χ1) is 11.1. The molecule has 0 aliphatic carbocycles. The first-order valence-electron chi connectivity index (χ1n) is 8.21. The molecule has 3 amide bonds. The van der Waals surface area contributed by atoms with Gasteiger partial charge in [0.05, 0.1) is 5.56 Å². The van der Waals surface area contributed by atoms with Crippen LogP contribution in [0.2, 0.25) is 0 Å². The summed E-state index contributed by atoms with van der Waals surface area (Å²) >= 11 is 0. The molecule has 2 saturated heterocycles. The van der Waals surface area contributed by atoms with Gasteiger partial charge in [0.25, 0.3) is 5.91 Å². The molecule has 23 heavy (non-hydrogen) atoms. The van der Waals surface area contributed by atoms with Crippen molar-refractivity contribution in [3.63, 3.8) is 0 Å². The monoisotopic (exact) mass is 319 g/mol. The lowest BCUT2D eigenvalue weighted by Gasteiger charge is -2.36. The van der Waals surface area contributed by atoms with Crippen LogP contribution < -0.4 is 0 Å². The molecule has 0 atom stereocenters. The number of benzene rings is 1. The van der Waals surface area contributed by atoms with E-state index >= 15 is 0 Å². The van der Waals surface area contributed by atoms with Crippen LogP contribution in [0.5, 0.6) is 0 Å². The molecule has 6 heteroatoms. The Kier molecular flexibility index (Phi) is 4.50. The van der Waals surface area contributed by atoms with Crippen molar-refractivity contribution in [2.75, 3.05) is 32.7 Å². The summed E-state index contributed by atoms with van der Waals surface area (Å²) in [6.07, 6.45) is 1.51. The van der Waals surface area contributed by atoms with Crippen molar-refractivity contribution in [2.24, 2.45) is 0 Å². The first-order valence-corrected chi connectivity index (χ1v) is 8.21. The lowest BCUT2D eigenvalue weighted by atomic mass is 10.0. The number of carbonyl (C=O) groups is 2. The standard InChI is InChI=1S/C17H22FN3O2/c1-2-19-11-12-21(17(19)23)13-7-9-20(10-8-13)16(22)14-5-3-4-6-15(14)18/h3-6,13H,2,7-12H2,1H3. The normalized spacial score (nSPS) is 19.6. The van der Waals surface area contributed by atoms with E-state index < -0.39 is 5.82 Å². The number of rotatable bonds is 3. The molecule has 0 radical (unpaired) electrons. The predicted octanol–water partition coefficient (Wildman–Crippen LogP) is 2.19. The zero-order valence-corrected chi connectivity index (χ0v) is 13.4. The van der Waals surface area contributed by atoms with Crippen molar-refractivity contribution in [3.8, 4) is 0 Å². The zero-order valence-electron chi connectivity index (χ0n) is 13.4.